The highest BCUT2D eigenvalue weighted by Gasteiger charge is 2.57. The Hall–Kier alpha value is -0.130. The summed E-state index contributed by atoms with van der Waals surface area (Å²) in [5.41, 5.74) is 0.357. The molecule has 0 unspecified atom stereocenters. The van der Waals surface area contributed by atoms with Crippen molar-refractivity contribution < 1.29 is 13.2 Å². The molecule has 118 valence electrons. The number of rotatable bonds is 7. The van der Waals surface area contributed by atoms with Crippen LogP contribution in [0.2, 0.25) is 0 Å². The minimum Gasteiger partial charge on any atom is -0.378 e. The van der Waals surface area contributed by atoms with Crippen molar-refractivity contribution in [2.24, 2.45) is 5.41 Å². The quantitative estimate of drug-likeness (QED) is 0.722. The Morgan fingerprint density at radius 2 is 1.95 bits per heavy atom. The summed E-state index contributed by atoms with van der Waals surface area (Å²) in [4.78, 5) is 2.38. The van der Waals surface area contributed by atoms with Crippen LogP contribution in [0.3, 0.4) is 0 Å². The smallest absolute Gasteiger partial charge is 0.147 e. The third kappa shape index (κ3) is 3.37. The van der Waals surface area contributed by atoms with E-state index >= 15 is 0 Å². The second kappa shape index (κ2) is 6.32. The van der Waals surface area contributed by atoms with Crippen molar-refractivity contribution in [1.82, 2.24) is 4.90 Å². The van der Waals surface area contributed by atoms with E-state index in [0.29, 0.717) is 23.3 Å². The van der Waals surface area contributed by atoms with Gasteiger partial charge in [0.15, 0.2) is 0 Å². The molecule has 1 spiro atoms. The maximum absolute atomic E-state index is 11.2. The van der Waals surface area contributed by atoms with Gasteiger partial charge >= 0.3 is 0 Å². The fraction of sp³-hybridized carbons (Fsp3) is 1.00. The van der Waals surface area contributed by atoms with Crippen molar-refractivity contribution in [2.75, 3.05) is 32.2 Å². The van der Waals surface area contributed by atoms with E-state index in [2.05, 4.69) is 18.9 Å². The van der Waals surface area contributed by atoms with E-state index in [9.17, 15) is 8.42 Å². The van der Waals surface area contributed by atoms with Crippen molar-refractivity contribution in [3.8, 4) is 0 Å². The molecule has 0 saturated heterocycles. The predicted molar refractivity (Wildman–Crippen MR) is 81.7 cm³/mol. The zero-order valence-electron chi connectivity index (χ0n) is 13.1. The van der Waals surface area contributed by atoms with Gasteiger partial charge in [0.2, 0.25) is 0 Å². The molecule has 0 aliphatic heterocycles. The van der Waals surface area contributed by atoms with Gasteiger partial charge in [0, 0.05) is 24.3 Å². The van der Waals surface area contributed by atoms with Crippen LogP contribution in [0.25, 0.3) is 0 Å². The first-order valence-electron chi connectivity index (χ1n) is 7.88. The maximum Gasteiger partial charge on any atom is 0.147 e. The number of hydrogen-bond donors (Lipinski definition) is 0. The van der Waals surface area contributed by atoms with E-state index < -0.39 is 9.84 Å². The molecule has 2 rings (SSSR count). The van der Waals surface area contributed by atoms with E-state index in [0.717, 1.165) is 26.0 Å². The number of hydrogen-bond acceptors (Lipinski definition) is 4. The molecule has 2 fully saturated rings. The lowest BCUT2D eigenvalue weighted by atomic mass is 9.60. The fourth-order valence-corrected chi connectivity index (χ4v) is 4.85. The normalized spacial score (nSPS) is 29.0. The van der Waals surface area contributed by atoms with Gasteiger partial charge in [0.05, 0.1) is 11.9 Å². The number of sulfone groups is 1. The second-order valence-corrected chi connectivity index (χ2v) is 8.86. The first kappa shape index (κ1) is 16.2. The van der Waals surface area contributed by atoms with Crippen LogP contribution in [0.1, 0.15) is 45.4 Å². The summed E-state index contributed by atoms with van der Waals surface area (Å²) in [6, 6.07) is 0.584. The summed E-state index contributed by atoms with van der Waals surface area (Å²) in [5.74, 6) is 0.298. The summed E-state index contributed by atoms with van der Waals surface area (Å²) in [5, 5.41) is 0. The molecular formula is C15H29NO3S. The summed E-state index contributed by atoms with van der Waals surface area (Å²) >= 11 is 0. The van der Waals surface area contributed by atoms with Gasteiger partial charge in [-0.15, -0.1) is 0 Å². The largest absolute Gasteiger partial charge is 0.378 e. The van der Waals surface area contributed by atoms with Gasteiger partial charge in [-0.1, -0.05) is 12.8 Å². The first-order chi connectivity index (χ1) is 9.39. The topological polar surface area (TPSA) is 46.6 Å². The monoisotopic (exact) mass is 303 g/mol. The molecule has 2 aliphatic rings. The van der Waals surface area contributed by atoms with Gasteiger partial charge in [-0.25, -0.2) is 8.42 Å². The molecule has 0 aromatic rings. The molecule has 0 radical (unpaired) electrons. The molecule has 0 aromatic heterocycles. The van der Waals surface area contributed by atoms with Crippen LogP contribution in [-0.2, 0) is 14.6 Å². The Balaban J connectivity index is 1.88. The summed E-state index contributed by atoms with van der Waals surface area (Å²) in [6.45, 7) is 3.75. The highest BCUT2D eigenvalue weighted by Crippen LogP contribution is 2.56. The van der Waals surface area contributed by atoms with Gasteiger partial charge < -0.3 is 9.64 Å². The van der Waals surface area contributed by atoms with Crippen LogP contribution in [0.15, 0.2) is 0 Å². The van der Waals surface area contributed by atoms with Crippen LogP contribution in [-0.4, -0.2) is 57.7 Å². The van der Waals surface area contributed by atoms with Crippen LogP contribution in [0.5, 0.6) is 0 Å². The van der Waals surface area contributed by atoms with Crippen molar-refractivity contribution >= 4 is 9.84 Å². The summed E-state index contributed by atoms with van der Waals surface area (Å²) in [7, 11) is -0.684. The Kier molecular flexibility index (Phi) is 5.14. The van der Waals surface area contributed by atoms with E-state index in [1.807, 2.05) is 0 Å². The van der Waals surface area contributed by atoms with Gasteiger partial charge in [-0.05, 0) is 46.2 Å². The highest BCUT2D eigenvalue weighted by molar-refractivity contribution is 7.90. The van der Waals surface area contributed by atoms with E-state index in [1.54, 1.807) is 0 Å². The molecule has 0 bridgehead atoms. The zero-order valence-corrected chi connectivity index (χ0v) is 13.9. The van der Waals surface area contributed by atoms with E-state index in [-0.39, 0.29) is 0 Å². The summed E-state index contributed by atoms with van der Waals surface area (Å²) < 4.78 is 28.4. The third-order valence-electron chi connectivity index (χ3n) is 5.20. The lowest BCUT2D eigenvalue weighted by Gasteiger charge is -2.57. The average molecular weight is 303 g/mol. The van der Waals surface area contributed by atoms with E-state index in [1.165, 1.54) is 31.9 Å². The molecule has 0 heterocycles. The van der Waals surface area contributed by atoms with Gasteiger partial charge in [-0.2, -0.15) is 0 Å². The third-order valence-corrected chi connectivity index (χ3v) is 6.23. The average Bonchev–Trinajstić information content (AvgIpc) is 2.84. The van der Waals surface area contributed by atoms with Crippen molar-refractivity contribution in [1.29, 1.82) is 0 Å². The molecule has 0 amide bonds. The van der Waals surface area contributed by atoms with Crippen LogP contribution < -0.4 is 0 Å². The van der Waals surface area contributed by atoms with Crippen LogP contribution in [0, 0.1) is 5.41 Å². The van der Waals surface area contributed by atoms with Gasteiger partial charge in [-0.3, -0.25) is 0 Å². The SMILES string of the molecule is CCO[C@@H]1C[C@@H](N(C)CCCS(C)(=O)=O)C12CCCC2. The van der Waals surface area contributed by atoms with Crippen LogP contribution in [0.4, 0.5) is 0 Å². The standard InChI is InChI=1S/C15H29NO3S/c1-4-19-14-12-13(15(14)8-5-6-9-15)16(2)10-7-11-20(3,17)18/h13-14H,4-12H2,1-3H3/t13-,14-/m1/s1. The van der Waals surface area contributed by atoms with Crippen LogP contribution >= 0.6 is 0 Å². The minimum atomic E-state index is -2.83. The highest BCUT2D eigenvalue weighted by atomic mass is 32.2. The van der Waals surface area contributed by atoms with Crippen molar-refractivity contribution in [3.05, 3.63) is 0 Å². The molecule has 2 aliphatic carbocycles. The molecule has 4 nitrogen and oxygen atoms in total. The first-order valence-corrected chi connectivity index (χ1v) is 9.94. The molecule has 20 heavy (non-hydrogen) atoms. The molecule has 0 N–H and O–H groups in total. The number of ether oxygens (including phenoxy) is 1. The number of nitrogens with zero attached hydrogens (tertiary/aromatic N) is 1. The summed E-state index contributed by atoms with van der Waals surface area (Å²) in [6.07, 6.45) is 8.79. The molecule has 0 aromatic carbocycles. The van der Waals surface area contributed by atoms with Gasteiger partial charge in [0.1, 0.15) is 9.84 Å². The molecule has 2 saturated carbocycles. The lowest BCUT2D eigenvalue weighted by molar-refractivity contribution is -0.160. The fourth-order valence-electron chi connectivity index (χ4n) is 4.20. The lowest BCUT2D eigenvalue weighted by Crippen LogP contribution is -2.63. The van der Waals surface area contributed by atoms with Crippen molar-refractivity contribution in [2.45, 2.75) is 57.6 Å². The minimum absolute atomic E-state index is 0.298. The Morgan fingerprint density at radius 1 is 1.30 bits per heavy atom. The molecular weight excluding hydrogens is 274 g/mol. The maximum atomic E-state index is 11.2. The zero-order chi connectivity index (χ0) is 14.8. The Bertz CT molecular complexity index is 415. The van der Waals surface area contributed by atoms with Crippen molar-refractivity contribution in [3.63, 3.8) is 0 Å². The predicted octanol–water partition coefficient (Wildman–Crippen LogP) is 2.09. The van der Waals surface area contributed by atoms with E-state index in [4.69, 9.17) is 4.74 Å². The molecule has 5 heteroatoms. The van der Waals surface area contributed by atoms with Gasteiger partial charge in [0.25, 0.3) is 0 Å². The Morgan fingerprint density at radius 3 is 2.50 bits per heavy atom. The molecule has 2 atom stereocenters. The second-order valence-electron chi connectivity index (χ2n) is 6.60. The Labute approximate surface area is 123 Å².